The molecule has 1 aromatic heterocycles. The highest BCUT2D eigenvalue weighted by Gasteiger charge is 2.14. The molecule has 0 spiro atoms. The Morgan fingerprint density at radius 3 is 2.64 bits per heavy atom. The van der Waals surface area contributed by atoms with Crippen molar-refractivity contribution in [3.05, 3.63) is 59.9 Å². The van der Waals surface area contributed by atoms with Gasteiger partial charge in [0.2, 0.25) is 0 Å². The number of carbonyl (C=O) groups is 1. The Labute approximate surface area is 148 Å². The second kappa shape index (κ2) is 7.48. The first-order valence-corrected chi connectivity index (χ1v) is 8.52. The van der Waals surface area contributed by atoms with E-state index >= 15 is 0 Å². The summed E-state index contributed by atoms with van der Waals surface area (Å²) in [5.74, 6) is 1.05. The van der Waals surface area contributed by atoms with E-state index in [0.717, 1.165) is 11.3 Å². The SMILES string of the molecule is COc1ccc(-c2nnc(SCC(=O)c3cccc(F)c3)n2C)cc1. The van der Waals surface area contributed by atoms with Crippen molar-refractivity contribution in [3.8, 4) is 17.1 Å². The standard InChI is InChI=1S/C18H16FN3O2S/c1-22-17(12-6-8-15(24-2)9-7-12)20-21-18(22)25-11-16(23)13-4-3-5-14(19)10-13/h3-10H,11H2,1-2H3. The average Bonchev–Trinajstić information content (AvgIpc) is 3.00. The zero-order valence-electron chi connectivity index (χ0n) is 13.8. The molecule has 25 heavy (non-hydrogen) atoms. The van der Waals surface area contributed by atoms with Crippen molar-refractivity contribution in [3.63, 3.8) is 0 Å². The van der Waals surface area contributed by atoms with E-state index in [1.165, 1.54) is 30.0 Å². The van der Waals surface area contributed by atoms with E-state index < -0.39 is 5.82 Å². The van der Waals surface area contributed by atoms with Gasteiger partial charge in [0.1, 0.15) is 11.6 Å². The molecule has 0 fully saturated rings. The number of carbonyl (C=O) groups excluding carboxylic acids is 1. The normalized spacial score (nSPS) is 10.7. The molecule has 128 valence electrons. The number of rotatable bonds is 6. The lowest BCUT2D eigenvalue weighted by molar-refractivity contribution is 0.102. The highest BCUT2D eigenvalue weighted by molar-refractivity contribution is 7.99. The zero-order valence-corrected chi connectivity index (χ0v) is 14.6. The predicted octanol–water partition coefficient (Wildman–Crippen LogP) is 3.60. The summed E-state index contributed by atoms with van der Waals surface area (Å²) in [7, 11) is 3.45. The minimum Gasteiger partial charge on any atom is -0.497 e. The van der Waals surface area contributed by atoms with Crippen LogP contribution in [0.4, 0.5) is 4.39 Å². The first kappa shape index (κ1) is 17.2. The summed E-state index contributed by atoms with van der Waals surface area (Å²) in [6.07, 6.45) is 0. The lowest BCUT2D eigenvalue weighted by Crippen LogP contribution is -2.04. The summed E-state index contributed by atoms with van der Waals surface area (Å²) in [5, 5.41) is 8.94. The molecule has 3 rings (SSSR count). The van der Waals surface area contributed by atoms with Crippen molar-refractivity contribution in [1.82, 2.24) is 14.8 Å². The lowest BCUT2D eigenvalue weighted by atomic mass is 10.1. The van der Waals surface area contributed by atoms with Crippen LogP contribution in [0.2, 0.25) is 0 Å². The Kier molecular flexibility index (Phi) is 5.14. The van der Waals surface area contributed by atoms with Crippen LogP contribution in [-0.2, 0) is 7.05 Å². The van der Waals surface area contributed by atoms with E-state index in [9.17, 15) is 9.18 Å². The molecule has 0 saturated heterocycles. The van der Waals surface area contributed by atoms with Gasteiger partial charge in [-0.05, 0) is 36.4 Å². The highest BCUT2D eigenvalue weighted by Crippen LogP contribution is 2.25. The van der Waals surface area contributed by atoms with E-state index in [2.05, 4.69) is 10.2 Å². The first-order valence-electron chi connectivity index (χ1n) is 7.54. The van der Waals surface area contributed by atoms with Gasteiger partial charge in [0.25, 0.3) is 0 Å². The molecule has 0 bridgehead atoms. The second-order valence-corrected chi connectivity index (χ2v) is 6.26. The molecule has 5 nitrogen and oxygen atoms in total. The van der Waals surface area contributed by atoms with Gasteiger partial charge in [-0.3, -0.25) is 4.79 Å². The minimum absolute atomic E-state index is 0.154. The Hall–Kier alpha value is -2.67. The molecular formula is C18H16FN3O2S. The fraction of sp³-hybridized carbons (Fsp3) is 0.167. The number of Topliss-reactive ketones (excluding diaryl/α,β-unsaturated/α-hetero) is 1. The maximum absolute atomic E-state index is 13.2. The van der Waals surface area contributed by atoms with E-state index in [-0.39, 0.29) is 11.5 Å². The Balaban J connectivity index is 1.71. The van der Waals surface area contributed by atoms with Crippen LogP contribution in [0.1, 0.15) is 10.4 Å². The molecule has 0 aliphatic carbocycles. The monoisotopic (exact) mass is 357 g/mol. The van der Waals surface area contributed by atoms with Gasteiger partial charge in [-0.25, -0.2) is 4.39 Å². The van der Waals surface area contributed by atoms with Gasteiger partial charge in [-0.1, -0.05) is 23.9 Å². The quantitative estimate of drug-likeness (QED) is 0.498. The highest BCUT2D eigenvalue weighted by atomic mass is 32.2. The van der Waals surface area contributed by atoms with Crippen LogP contribution >= 0.6 is 11.8 Å². The van der Waals surface area contributed by atoms with Crippen LogP contribution in [-0.4, -0.2) is 33.4 Å². The van der Waals surface area contributed by atoms with Crippen LogP contribution in [0.25, 0.3) is 11.4 Å². The number of nitrogens with zero attached hydrogens (tertiary/aromatic N) is 3. The van der Waals surface area contributed by atoms with Crippen LogP contribution in [0.5, 0.6) is 5.75 Å². The largest absolute Gasteiger partial charge is 0.497 e. The summed E-state index contributed by atoms with van der Waals surface area (Å²) in [4.78, 5) is 12.2. The number of ketones is 1. The topological polar surface area (TPSA) is 57.0 Å². The molecule has 1 heterocycles. The Bertz CT molecular complexity index is 894. The predicted molar refractivity (Wildman–Crippen MR) is 94.4 cm³/mol. The number of thioether (sulfide) groups is 1. The van der Waals surface area contributed by atoms with Crippen molar-refractivity contribution in [1.29, 1.82) is 0 Å². The summed E-state index contributed by atoms with van der Waals surface area (Å²) in [6.45, 7) is 0. The Morgan fingerprint density at radius 1 is 1.20 bits per heavy atom. The molecule has 0 saturated carbocycles. The van der Waals surface area contributed by atoms with Gasteiger partial charge >= 0.3 is 0 Å². The molecule has 0 aliphatic heterocycles. The van der Waals surface area contributed by atoms with Gasteiger partial charge in [-0.2, -0.15) is 0 Å². The van der Waals surface area contributed by atoms with Gasteiger partial charge in [0, 0.05) is 18.2 Å². The van der Waals surface area contributed by atoms with Crippen molar-refractivity contribution >= 4 is 17.5 Å². The van der Waals surface area contributed by atoms with Crippen molar-refractivity contribution < 1.29 is 13.9 Å². The molecule has 0 atom stereocenters. The van der Waals surface area contributed by atoms with E-state index in [4.69, 9.17) is 4.74 Å². The first-order chi connectivity index (χ1) is 12.1. The van der Waals surface area contributed by atoms with E-state index in [0.29, 0.717) is 16.5 Å². The summed E-state index contributed by atoms with van der Waals surface area (Å²) >= 11 is 1.27. The third-order valence-electron chi connectivity index (χ3n) is 3.66. The molecular weight excluding hydrogens is 341 g/mol. The average molecular weight is 357 g/mol. The van der Waals surface area contributed by atoms with Crippen LogP contribution < -0.4 is 4.74 Å². The molecule has 0 radical (unpaired) electrons. The molecule has 0 aliphatic rings. The number of hydrogen-bond acceptors (Lipinski definition) is 5. The van der Waals surface area contributed by atoms with Crippen LogP contribution in [0.3, 0.4) is 0 Å². The zero-order chi connectivity index (χ0) is 17.8. The maximum atomic E-state index is 13.2. The molecule has 7 heteroatoms. The van der Waals surface area contributed by atoms with Crippen molar-refractivity contribution in [2.75, 3.05) is 12.9 Å². The van der Waals surface area contributed by atoms with E-state index in [1.807, 2.05) is 35.9 Å². The fourth-order valence-corrected chi connectivity index (χ4v) is 3.11. The molecule has 0 unspecified atom stereocenters. The van der Waals surface area contributed by atoms with Crippen LogP contribution in [0, 0.1) is 5.82 Å². The molecule has 0 amide bonds. The Morgan fingerprint density at radius 2 is 1.96 bits per heavy atom. The third kappa shape index (κ3) is 3.88. The lowest BCUT2D eigenvalue weighted by Gasteiger charge is -2.05. The van der Waals surface area contributed by atoms with Gasteiger partial charge in [-0.15, -0.1) is 10.2 Å². The van der Waals surface area contributed by atoms with Gasteiger partial charge in [0.15, 0.2) is 16.8 Å². The smallest absolute Gasteiger partial charge is 0.191 e. The number of hydrogen-bond donors (Lipinski definition) is 0. The molecule has 3 aromatic rings. The van der Waals surface area contributed by atoms with Gasteiger partial charge in [0.05, 0.1) is 12.9 Å². The summed E-state index contributed by atoms with van der Waals surface area (Å²) < 4.78 is 20.2. The molecule has 0 N–H and O–H groups in total. The third-order valence-corrected chi connectivity index (χ3v) is 4.68. The number of halogens is 1. The number of methoxy groups -OCH3 is 1. The molecule has 2 aromatic carbocycles. The summed E-state index contributed by atoms with van der Waals surface area (Å²) in [6, 6.07) is 13.2. The number of aromatic nitrogens is 3. The van der Waals surface area contributed by atoms with E-state index in [1.54, 1.807) is 13.2 Å². The fourth-order valence-electron chi connectivity index (χ4n) is 2.31. The minimum atomic E-state index is -0.420. The summed E-state index contributed by atoms with van der Waals surface area (Å²) in [5.41, 5.74) is 1.25. The van der Waals surface area contributed by atoms with Crippen molar-refractivity contribution in [2.24, 2.45) is 7.05 Å². The number of ether oxygens (including phenoxy) is 1. The van der Waals surface area contributed by atoms with Crippen LogP contribution in [0.15, 0.2) is 53.7 Å². The number of benzene rings is 2. The van der Waals surface area contributed by atoms with Crippen molar-refractivity contribution in [2.45, 2.75) is 5.16 Å². The van der Waals surface area contributed by atoms with Gasteiger partial charge < -0.3 is 9.30 Å². The maximum Gasteiger partial charge on any atom is 0.191 e. The second-order valence-electron chi connectivity index (χ2n) is 5.32.